The van der Waals surface area contributed by atoms with Crippen molar-refractivity contribution in [2.24, 2.45) is 0 Å². The van der Waals surface area contributed by atoms with E-state index >= 15 is 0 Å². The zero-order chi connectivity index (χ0) is 42.5. The number of benzene rings is 8. The number of aromatic nitrogens is 3. The maximum Gasteiger partial charge on any atom is 0.416 e. The van der Waals surface area contributed by atoms with E-state index in [0.29, 0.717) is 17.1 Å². The lowest BCUT2D eigenvalue weighted by Gasteiger charge is -2.22. The van der Waals surface area contributed by atoms with Crippen molar-refractivity contribution < 1.29 is 13.2 Å². The molecule has 0 saturated carbocycles. The van der Waals surface area contributed by atoms with Crippen LogP contribution in [0.4, 0.5) is 13.2 Å². The maximum atomic E-state index is 14.1. The van der Waals surface area contributed by atoms with E-state index in [2.05, 4.69) is 116 Å². The van der Waals surface area contributed by atoms with Gasteiger partial charge in [0.1, 0.15) is 0 Å². The summed E-state index contributed by atoms with van der Waals surface area (Å²) < 4.78 is 44.6. The van der Waals surface area contributed by atoms with E-state index in [9.17, 15) is 13.2 Å². The Hall–Kier alpha value is -7.57. The van der Waals surface area contributed by atoms with Crippen molar-refractivity contribution in [2.45, 2.75) is 26.9 Å². The van der Waals surface area contributed by atoms with Gasteiger partial charge in [0, 0.05) is 38.6 Å². The van der Waals surface area contributed by atoms with E-state index in [4.69, 9.17) is 9.97 Å². The van der Waals surface area contributed by atoms with Gasteiger partial charge in [-0.2, -0.15) is 13.2 Å². The van der Waals surface area contributed by atoms with Gasteiger partial charge in [-0.3, -0.25) is 0 Å². The normalized spacial score (nSPS) is 11.7. The Kier molecular flexibility index (Phi) is 9.64. The Morgan fingerprint density at radius 1 is 0.403 bits per heavy atom. The van der Waals surface area contributed by atoms with Crippen molar-refractivity contribution in [1.82, 2.24) is 14.5 Å². The van der Waals surface area contributed by atoms with Gasteiger partial charge in [-0.15, -0.1) is 0 Å². The molecule has 10 aromatic rings. The second-order valence-electron chi connectivity index (χ2n) is 16.0. The molecule has 0 unspecified atom stereocenters. The van der Waals surface area contributed by atoms with Gasteiger partial charge in [0.15, 0.2) is 5.82 Å². The summed E-state index contributed by atoms with van der Waals surface area (Å²) in [7, 11) is 0. The summed E-state index contributed by atoms with van der Waals surface area (Å²) in [6, 6.07) is 61.6. The average molecular weight is 812 g/mol. The third-order valence-electron chi connectivity index (χ3n) is 11.7. The molecule has 0 aliphatic carbocycles. The molecular formula is C56H40F3N3. The molecule has 62 heavy (non-hydrogen) atoms. The molecule has 2 aromatic heterocycles. The molecule has 0 fully saturated rings. The molecular weight excluding hydrogens is 772 g/mol. The predicted molar refractivity (Wildman–Crippen MR) is 248 cm³/mol. The molecule has 2 heterocycles. The van der Waals surface area contributed by atoms with Crippen molar-refractivity contribution in [2.75, 3.05) is 0 Å². The molecule has 0 saturated heterocycles. The molecule has 0 radical (unpaired) electrons. The van der Waals surface area contributed by atoms with E-state index in [1.807, 2.05) is 72.8 Å². The van der Waals surface area contributed by atoms with Crippen LogP contribution in [-0.4, -0.2) is 14.5 Å². The van der Waals surface area contributed by atoms with Crippen LogP contribution in [0.1, 0.15) is 22.3 Å². The minimum absolute atomic E-state index is 0.570. The number of nitrogens with zero attached hydrogens (tertiary/aromatic N) is 3. The number of halogens is 3. The highest BCUT2D eigenvalue weighted by molar-refractivity contribution is 6.12. The highest BCUT2D eigenvalue weighted by atomic mass is 19.4. The van der Waals surface area contributed by atoms with E-state index in [1.54, 1.807) is 12.1 Å². The molecule has 0 spiro atoms. The zero-order valence-electron chi connectivity index (χ0n) is 34.4. The van der Waals surface area contributed by atoms with Gasteiger partial charge >= 0.3 is 6.18 Å². The largest absolute Gasteiger partial charge is 0.416 e. The quantitative estimate of drug-likeness (QED) is 0.160. The zero-order valence-corrected chi connectivity index (χ0v) is 34.4. The molecule has 6 heteroatoms. The van der Waals surface area contributed by atoms with Crippen molar-refractivity contribution >= 4 is 21.8 Å². The summed E-state index contributed by atoms with van der Waals surface area (Å²) >= 11 is 0. The number of para-hydroxylation sites is 1. The van der Waals surface area contributed by atoms with Gasteiger partial charge in [-0.25, -0.2) is 9.97 Å². The second-order valence-corrected chi connectivity index (χ2v) is 16.0. The van der Waals surface area contributed by atoms with Crippen LogP contribution in [0.25, 0.3) is 94.8 Å². The fraction of sp³-hybridized carbons (Fsp3) is 0.0714. The van der Waals surface area contributed by atoms with Gasteiger partial charge in [0.25, 0.3) is 0 Å². The fourth-order valence-corrected chi connectivity index (χ4v) is 8.62. The van der Waals surface area contributed by atoms with Gasteiger partial charge in [-0.05, 0) is 97.1 Å². The van der Waals surface area contributed by atoms with E-state index in [0.717, 1.165) is 77.7 Å². The average Bonchev–Trinajstić information content (AvgIpc) is 3.62. The molecule has 8 aromatic carbocycles. The SMILES string of the molecule is Cc1ccc(-c2cc(-c3cc(-c4ccccc4)nc(-c4ccccc4)n3)cc(-c3ccc(C(F)(F)F)cc3)c2-n2c3ccccc3c3cc(-c4ccc(C)cc4C)ccc32)cc1. The van der Waals surface area contributed by atoms with Crippen molar-refractivity contribution in [3.05, 3.63) is 210 Å². The van der Waals surface area contributed by atoms with Crippen LogP contribution in [0.15, 0.2) is 188 Å². The van der Waals surface area contributed by atoms with Crippen molar-refractivity contribution in [1.29, 1.82) is 0 Å². The first kappa shape index (κ1) is 38.6. The first-order chi connectivity index (χ1) is 30.1. The predicted octanol–water partition coefficient (Wildman–Crippen LogP) is 15.5. The Labute approximate surface area is 358 Å². The molecule has 0 atom stereocenters. The van der Waals surface area contributed by atoms with Crippen molar-refractivity contribution in [3.63, 3.8) is 0 Å². The molecule has 0 amide bonds. The number of rotatable bonds is 7. The Bertz CT molecular complexity index is 3220. The molecule has 3 nitrogen and oxygen atoms in total. The Balaban J connectivity index is 1.31. The summed E-state index contributed by atoms with van der Waals surface area (Å²) in [5.41, 5.74) is 15.2. The van der Waals surface area contributed by atoms with E-state index in [-0.39, 0.29) is 0 Å². The summed E-state index contributed by atoms with van der Waals surface area (Å²) in [6.45, 7) is 6.31. The summed E-state index contributed by atoms with van der Waals surface area (Å²) in [4.78, 5) is 10.3. The molecule has 300 valence electrons. The number of hydrogen-bond donors (Lipinski definition) is 0. The summed E-state index contributed by atoms with van der Waals surface area (Å²) in [5.74, 6) is 0.570. The fourth-order valence-electron chi connectivity index (χ4n) is 8.62. The molecule has 0 aliphatic heterocycles. The Morgan fingerprint density at radius 2 is 0.952 bits per heavy atom. The molecule has 0 aliphatic rings. The minimum atomic E-state index is -4.49. The molecule has 0 N–H and O–H groups in total. The summed E-state index contributed by atoms with van der Waals surface area (Å²) in [6.07, 6.45) is -4.49. The third-order valence-corrected chi connectivity index (χ3v) is 11.7. The number of fused-ring (bicyclic) bond motifs is 3. The number of alkyl halides is 3. The molecule has 10 rings (SSSR count). The lowest BCUT2D eigenvalue weighted by molar-refractivity contribution is -0.137. The topological polar surface area (TPSA) is 30.7 Å². The van der Waals surface area contributed by atoms with Crippen LogP contribution in [0.2, 0.25) is 0 Å². The monoisotopic (exact) mass is 811 g/mol. The van der Waals surface area contributed by atoms with Gasteiger partial charge in [0.05, 0.1) is 33.7 Å². The maximum absolute atomic E-state index is 14.1. The standard InChI is InChI=1S/C56H40F3N3/c1-35-18-21-38(22-19-35)47-32-43(51-34-50(40-12-6-4-7-13-40)60-55(61-51)41-14-8-5-9-15-41)33-48(39-23-26-44(27-24-39)56(57,58)59)54(47)62-52-17-11-10-16-46(52)49-31-42(25-29-53(49)62)45-28-20-36(2)30-37(45)3/h4-34H,1-3H3. The number of aryl methyl sites for hydroxylation is 3. The minimum Gasteiger partial charge on any atom is -0.308 e. The van der Waals surface area contributed by atoms with Crippen LogP contribution in [-0.2, 0) is 6.18 Å². The van der Waals surface area contributed by atoms with Gasteiger partial charge in [0.2, 0.25) is 0 Å². The highest BCUT2D eigenvalue weighted by Gasteiger charge is 2.30. The van der Waals surface area contributed by atoms with Crippen LogP contribution in [0, 0.1) is 20.8 Å². The highest BCUT2D eigenvalue weighted by Crippen LogP contribution is 2.45. The smallest absolute Gasteiger partial charge is 0.308 e. The van der Waals surface area contributed by atoms with E-state index in [1.165, 1.54) is 28.8 Å². The van der Waals surface area contributed by atoms with Crippen LogP contribution >= 0.6 is 0 Å². The lowest BCUT2D eigenvalue weighted by atomic mass is 9.91. The van der Waals surface area contributed by atoms with Gasteiger partial charge < -0.3 is 4.57 Å². The molecule has 0 bridgehead atoms. The van der Waals surface area contributed by atoms with E-state index < -0.39 is 11.7 Å². The first-order valence-electron chi connectivity index (χ1n) is 20.6. The number of hydrogen-bond acceptors (Lipinski definition) is 2. The lowest BCUT2D eigenvalue weighted by Crippen LogP contribution is -2.05. The van der Waals surface area contributed by atoms with Gasteiger partial charge in [-0.1, -0.05) is 151 Å². The summed E-state index contributed by atoms with van der Waals surface area (Å²) in [5, 5.41) is 2.15. The van der Waals surface area contributed by atoms with Crippen LogP contribution in [0.5, 0.6) is 0 Å². The van der Waals surface area contributed by atoms with Crippen molar-refractivity contribution in [3.8, 4) is 73.0 Å². The van der Waals surface area contributed by atoms with Crippen LogP contribution in [0.3, 0.4) is 0 Å². The third kappa shape index (κ3) is 7.13. The first-order valence-corrected chi connectivity index (χ1v) is 20.6. The second kappa shape index (κ2) is 15.5. The van der Waals surface area contributed by atoms with Crippen LogP contribution < -0.4 is 0 Å². The Morgan fingerprint density at radius 3 is 1.60 bits per heavy atom.